The van der Waals surface area contributed by atoms with E-state index < -0.39 is 0 Å². The van der Waals surface area contributed by atoms with Crippen molar-refractivity contribution in [1.29, 1.82) is 0 Å². The van der Waals surface area contributed by atoms with Crippen LogP contribution in [0.4, 0.5) is 4.39 Å². The van der Waals surface area contributed by atoms with Crippen molar-refractivity contribution in [3.63, 3.8) is 0 Å². The van der Waals surface area contributed by atoms with E-state index >= 15 is 0 Å². The number of aromatic nitrogens is 1. The van der Waals surface area contributed by atoms with Crippen molar-refractivity contribution in [3.8, 4) is 0 Å². The van der Waals surface area contributed by atoms with Crippen LogP contribution in [-0.2, 0) is 6.42 Å². The zero-order valence-electron chi connectivity index (χ0n) is 8.06. The maximum atomic E-state index is 13.3. The number of pyridine rings is 1. The van der Waals surface area contributed by atoms with E-state index in [1.54, 1.807) is 23.6 Å². The van der Waals surface area contributed by atoms with Gasteiger partial charge in [0.25, 0.3) is 0 Å². The molecule has 2 aromatic heterocycles. The van der Waals surface area contributed by atoms with Crippen molar-refractivity contribution in [2.24, 2.45) is 5.73 Å². The van der Waals surface area contributed by atoms with Crippen LogP contribution in [-0.4, -0.2) is 4.98 Å². The van der Waals surface area contributed by atoms with E-state index in [4.69, 9.17) is 5.73 Å². The Bertz CT molecular complexity index is 428. The molecule has 0 amide bonds. The molecule has 0 aliphatic rings. The zero-order valence-corrected chi connectivity index (χ0v) is 8.88. The van der Waals surface area contributed by atoms with E-state index in [0.29, 0.717) is 12.1 Å². The van der Waals surface area contributed by atoms with Crippen LogP contribution in [0.5, 0.6) is 0 Å². The summed E-state index contributed by atoms with van der Waals surface area (Å²) in [5, 5.41) is 4.00. The highest BCUT2D eigenvalue weighted by Crippen LogP contribution is 2.18. The lowest BCUT2D eigenvalue weighted by Gasteiger charge is -2.10. The van der Waals surface area contributed by atoms with Gasteiger partial charge in [-0.3, -0.25) is 4.98 Å². The van der Waals surface area contributed by atoms with E-state index in [9.17, 15) is 4.39 Å². The average molecular weight is 222 g/mol. The average Bonchev–Trinajstić information content (AvgIpc) is 2.71. The van der Waals surface area contributed by atoms with Crippen LogP contribution in [0, 0.1) is 5.82 Å². The Hall–Kier alpha value is -1.26. The molecule has 0 aliphatic carbocycles. The molecule has 2 N–H and O–H groups in total. The molecule has 2 nitrogen and oxygen atoms in total. The number of hydrogen-bond donors (Lipinski definition) is 1. The third-order valence-electron chi connectivity index (χ3n) is 2.17. The first kappa shape index (κ1) is 10.3. The van der Waals surface area contributed by atoms with Crippen molar-refractivity contribution in [2.45, 2.75) is 12.5 Å². The third-order valence-corrected chi connectivity index (χ3v) is 2.91. The Kier molecular flexibility index (Phi) is 3.08. The minimum absolute atomic E-state index is 0.333. The molecule has 0 saturated heterocycles. The smallest absolute Gasteiger partial charge is 0.146 e. The van der Waals surface area contributed by atoms with Gasteiger partial charge in [0, 0.05) is 6.20 Å². The molecule has 15 heavy (non-hydrogen) atoms. The van der Waals surface area contributed by atoms with Crippen molar-refractivity contribution >= 4 is 11.3 Å². The number of hydrogen-bond acceptors (Lipinski definition) is 3. The lowest BCUT2D eigenvalue weighted by Crippen LogP contribution is -2.16. The highest BCUT2D eigenvalue weighted by Gasteiger charge is 2.12. The summed E-state index contributed by atoms with van der Waals surface area (Å²) in [7, 11) is 0. The molecule has 0 radical (unpaired) electrons. The quantitative estimate of drug-likeness (QED) is 0.866. The lowest BCUT2D eigenvalue weighted by atomic mass is 10.1. The molecule has 1 unspecified atom stereocenters. The number of rotatable bonds is 3. The van der Waals surface area contributed by atoms with Gasteiger partial charge in [0.2, 0.25) is 0 Å². The monoisotopic (exact) mass is 222 g/mol. The molecule has 2 aromatic rings. The number of nitrogens with two attached hydrogens (primary N) is 1. The summed E-state index contributed by atoms with van der Waals surface area (Å²) in [6.07, 6.45) is 2.18. The molecule has 0 bridgehead atoms. The van der Waals surface area contributed by atoms with E-state index in [0.717, 1.165) is 5.56 Å². The molecule has 4 heteroatoms. The van der Waals surface area contributed by atoms with Crippen molar-refractivity contribution in [2.75, 3.05) is 0 Å². The van der Waals surface area contributed by atoms with Crippen LogP contribution >= 0.6 is 11.3 Å². The summed E-state index contributed by atoms with van der Waals surface area (Å²) in [4.78, 5) is 3.96. The molecule has 0 aromatic carbocycles. The van der Waals surface area contributed by atoms with E-state index in [1.807, 2.05) is 16.8 Å². The van der Waals surface area contributed by atoms with Gasteiger partial charge in [-0.15, -0.1) is 0 Å². The highest BCUT2D eigenvalue weighted by atomic mass is 32.1. The van der Waals surface area contributed by atoms with Gasteiger partial charge in [-0.2, -0.15) is 11.3 Å². The van der Waals surface area contributed by atoms with E-state index in [2.05, 4.69) is 4.98 Å². The fraction of sp³-hybridized carbons (Fsp3) is 0.182. The van der Waals surface area contributed by atoms with Crippen LogP contribution in [0.1, 0.15) is 17.3 Å². The highest BCUT2D eigenvalue weighted by molar-refractivity contribution is 7.07. The molecule has 0 saturated carbocycles. The molecule has 1 atom stereocenters. The molecular weight excluding hydrogens is 211 g/mol. The first-order valence-corrected chi connectivity index (χ1v) is 5.58. The molecule has 0 spiro atoms. The number of nitrogens with zero attached hydrogens (tertiary/aromatic N) is 1. The first-order chi connectivity index (χ1) is 7.27. The number of halogens is 1. The summed E-state index contributed by atoms with van der Waals surface area (Å²) in [5.74, 6) is -0.333. The molecule has 2 heterocycles. The van der Waals surface area contributed by atoms with Gasteiger partial charge in [-0.05, 0) is 40.9 Å². The Labute approximate surface area is 91.6 Å². The fourth-order valence-corrected chi connectivity index (χ4v) is 2.11. The summed E-state index contributed by atoms with van der Waals surface area (Å²) >= 11 is 1.61. The van der Waals surface area contributed by atoms with Crippen molar-refractivity contribution < 1.29 is 4.39 Å². The second-order valence-corrected chi connectivity index (χ2v) is 4.09. The van der Waals surface area contributed by atoms with E-state index in [-0.39, 0.29) is 11.9 Å². The lowest BCUT2D eigenvalue weighted by molar-refractivity contribution is 0.564. The van der Waals surface area contributed by atoms with Crippen LogP contribution in [0.3, 0.4) is 0 Å². The third kappa shape index (κ3) is 2.40. The predicted octanol–water partition coefficient (Wildman–Crippen LogP) is 2.52. The first-order valence-electron chi connectivity index (χ1n) is 4.64. The maximum absolute atomic E-state index is 13.3. The van der Waals surface area contributed by atoms with Gasteiger partial charge in [0.15, 0.2) is 0 Å². The van der Waals surface area contributed by atoms with Gasteiger partial charge in [-0.1, -0.05) is 0 Å². The Morgan fingerprint density at radius 1 is 1.47 bits per heavy atom. The van der Waals surface area contributed by atoms with Crippen LogP contribution in [0.25, 0.3) is 0 Å². The maximum Gasteiger partial charge on any atom is 0.146 e. The topological polar surface area (TPSA) is 38.9 Å². The molecule has 0 fully saturated rings. The summed E-state index contributed by atoms with van der Waals surface area (Å²) in [6.45, 7) is 0. The predicted molar refractivity (Wildman–Crippen MR) is 59.1 cm³/mol. The second-order valence-electron chi connectivity index (χ2n) is 3.31. The molecule has 78 valence electrons. The summed E-state index contributed by atoms with van der Waals surface area (Å²) in [6, 6.07) is 4.57. The number of thiophene rings is 1. The van der Waals surface area contributed by atoms with E-state index in [1.165, 1.54) is 6.07 Å². The van der Waals surface area contributed by atoms with Gasteiger partial charge in [0.1, 0.15) is 5.82 Å². The second kappa shape index (κ2) is 4.51. The van der Waals surface area contributed by atoms with Gasteiger partial charge < -0.3 is 5.73 Å². The van der Waals surface area contributed by atoms with Crippen molar-refractivity contribution in [3.05, 3.63) is 52.2 Å². The van der Waals surface area contributed by atoms with Crippen molar-refractivity contribution in [1.82, 2.24) is 4.98 Å². The van der Waals surface area contributed by atoms with Crippen LogP contribution in [0.2, 0.25) is 0 Å². The standard InChI is InChI=1S/C11H11FN2S/c12-9-2-1-4-14-11(9)10(13)6-8-3-5-15-7-8/h1-5,7,10H,6,13H2. The minimum Gasteiger partial charge on any atom is -0.322 e. The van der Waals surface area contributed by atoms with Crippen LogP contribution in [0.15, 0.2) is 35.2 Å². The Morgan fingerprint density at radius 2 is 2.33 bits per heavy atom. The SMILES string of the molecule is NC(Cc1ccsc1)c1ncccc1F. The Morgan fingerprint density at radius 3 is 3.00 bits per heavy atom. The normalized spacial score (nSPS) is 12.7. The van der Waals surface area contributed by atoms with Crippen LogP contribution < -0.4 is 5.73 Å². The minimum atomic E-state index is -0.374. The summed E-state index contributed by atoms with van der Waals surface area (Å²) in [5.41, 5.74) is 7.35. The molecular formula is C11H11FN2S. The zero-order chi connectivity index (χ0) is 10.7. The molecule has 2 rings (SSSR count). The summed E-state index contributed by atoms with van der Waals surface area (Å²) < 4.78 is 13.3. The van der Waals surface area contributed by atoms with Gasteiger partial charge in [-0.25, -0.2) is 4.39 Å². The van der Waals surface area contributed by atoms with Gasteiger partial charge >= 0.3 is 0 Å². The molecule has 0 aliphatic heterocycles. The fourth-order valence-electron chi connectivity index (χ4n) is 1.43. The van der Waals surface area contributed by atoms with Gasteiger partial charge in [0.05, 0.1) is 11.7 Å². The largest absolute Gasteiger partial charge is 0.322 e. The Balaban J connectivity index is 2.15.